The van der Waals surface area contributed by atoms with Crippen molar-refractivity contribution in [3.05, 3.63) is 30.3 Å². The summed E-state index contributed by atoms with van der Waals surface area (Å²) in [6, 6.07) is 7.69. The van der Waals surface area contributed by atoms with E-state index in [0.717, 1.165) is 6.42 Å². The molecule has 8 nitrogen and oxygen atoms in total. The third-order valence-corrected chi connectivity index (χ3v) is 8.83. The maximum atomic E-state index is 14.2. The van der Waals surface area contributed by atoms with Crippen molar-refractivity contribution in [3.8, 4) is 0 Å². The van der Waals surface area contributed by atoms with Crippen LogP contribution >= 0.6 is 0 Å². The maximum Gasteiger partial charge on any atom is 0.246 e. The molecule has 0 aliphatic carbocycles. The summed E-state index contributed by atoms with van der Waals surface area (Å²) in [5, 5.41) is 16.4. The minimum atomic E-state index is -1.14. The number of para-hydroxylation sites is 1. The number of carbonyl (C=O) groups is 3. The smallest absolute Gasteiger partial charge is 0.246 e. The maximum absolute atomic E-state index is 14.2. The van der Waals surface area contributed by atoms with E-state index < -0.39 is 40.7 Å². The minimum absolute atomic E-state index is 0.0231. The molecule has 0 aromatic heterocycles. The van der Waals surface area contributed by atoms with Crippen molar-refractivity contribution in [2.45, 2.75) is 103 Å². The Labute approximate surface area is 226 Å². The molecule has 210 valence electrons. The van der Waals surface area contributed by atoms with Crippen molar-refractivity contribution in [2.24, 2.45) is 23.2 Å². The summed E-state index contributed by atoms with van der Waals surface area (Å²) in [5.74, 6) is -2.49. The average molecular weight is 528 g/mol. The van der Waals surface area contributed by atoms with E-state index in [1.165, 1.54) is 4.90 Å². The van der Waals surface area contributed by atoms with E-state index in [9.17, 15) is 19.5 Å². The molecule has 3 heterocycles. The fourth-order valence-corrected chi connectivity index (χ4v) is 7.70. The van der Waals surface area contributed by atoms with Gasteiger partial charge in [0.25, 0.3) is 0 Å². The second-order valence-corrected chi connectivity index (χ2v) is 13.7. The quantitative estimate of drug-likeness (QED) is 0.477. The molecule has 0 saturated carbocycles. The monoisotopic (exact) mass is 527 g/mol. The fourth-order valence-electron chi connectivity index (χ4n) is 7.70. The predicted molar refractivity (Wildman–Crippen MR) is 146 cm³/mol. The van der Waals surface area contributed by atoms with Gasteiger partial charge in [-0.05, 0) is 63.5 Å². The first kappa shape index (κ1) is 28.6. The molecule has 3 aliphatic rings. The van der Waals surface area contributed by atoms with Crippen LogP contribution in [0.5, 0.6) is 0 Å². The van der Waals surface area contributed by atoms with Gasteiger partial charge in [0, 0.05) is 11.2 Å². The van der Waals surface area contributed by atoms with Gasteiger partial charge < -0.3 is 25.4 Å². The van der Waals surface area contributed by atoms with Gasteiger partial charge in [-0.1, -0.05) is 52.8 Å². The molecule has 2 bridgehead atoms. The zero-order valence-corrected chi connectivity index (χ0v) is 24.1. The van der Waals surface area contributed by atoms with Crippen molar-refractivity contribution >= 4 is 23.4 Å². The summed E-state index contributed by atoms with van der Waals surface area (Å²) in [7, 11) is 0. The molecule has 3 N–H and O–H groups in total. The van der Waals surface area contributed by atoms with Crippen molar-refractivity contribution in [1.29, 1.82) is 0 Å². The van der Waals surface area contributed by atoms with E-state index in [0.29, 0.717) is 18.5 Å². The van der Waals surface area contributed by atoms with Gasteiger partial charge in [0.05, 0.1) is 30.1 Å². The van der Waals surface area contributed by atoms with E-state index in [1.54, 1.807) is 0 Å². The number of ether oxygens (including phenoxy) is 1. The van der Waals surface area contributed by atoms with Crippen LogP contribution in [0.3, 0.4) is 0 Å². The molecule has 1 aromatic carbocycles. The Kier molecular flexibility index (Phi) is 7.24. The molecule has 1 aromatic rings. The Morgan fingerprint density at radius 2 is 1.79 bits per heavy atom. The van der Waals surface area contributed by atoms with E-state index >= 15 is 0 Å². The number of benzene rings is 1. The Morgan fingerprint density at radius 1 is 1.16 bits per heavy atom. The van der Waals surface area contributed by atoms with E-state index in [-0.39, 0.29) is 35.7 Å². The van der Waals surface area contributed by atoms with Crippen LogP contribution in [0.1, 0.15) is 74.7 Å². The molecule has 3 fully saturated rings. The van der Waals surface area contributed by atoms with E-state index in [2.05, 4.69) is 31.4 Å². The second-order valence-electron chi connectivity index (χ2n) is 13.7. The van der Waals surface area contributed by atoms with Crippen molar-refractivity contribution in [2.75, 3.05) is 11.9 Å². The van der Waals surface area contributed by atoms with Gasteiger partial charge in [-0.2, -0.15) is 0 Å². The van der Waals surface area contributed by atoms with Gasteiger partial charge in [-0.25, -0.2) is 0 Å². The SMILES string of the molecule is CC[C@@H](CO)N1C(=O)[C@@H]2[C@H](C(=O)Nc3ccccc3)[C@@]3(C)OC2(CC3C)C1C(=O)NC(C)(C)CC(C)(C)C. The van der Waals surface area contributed by atoms with Gasteiger partial charge >= 0.3 is 0 Å². The van der Waals surface area contributed by atoms with Gasteiger partial charge in [0.15, 0.2) is 0 Å². The molecule has 0 radical (unpaired) electrons. The molecule has 7 atom stereocenters. The Morgan fingerprint density at radius 3 is 2.34 bits per heavy atom. The normalized spacial score (nSPS) is 33.3. The molecule has 3 aliphatic heterocycles. The van der Waals surface area contributed by atoms with E-state index in [1.807, 2.05) is 65.0 Å². The first-order chi connectivity index (χ1) is 17.6. The molecule has 1 spiro atoms. The minimum Gasteiger partial charge on any atom is -0.394 e. The number of aliphatic hydroxyl groups excluding tert-OH is 1. The number of nitrogens with one attached hydrogen (secondary N) is 2. The second kappa shape index (κ2) is 9.63. The lowest BCUT2D eigenvalue weighted by molar-refractivity contribution is -0.150. The number of rotatable bonds is 8. The number of hydrogen-bond acceptors (Lipinski definition) is 5. The standard InChI is InChI=1S/C30H45N3O5/c1-9-20(16-34)33-23(25(36)32-28(6,7)17-27(3,4)5)30-15-18(2)29(8,38-30)21(22(30)26(33)37)24(35)31-19-13-11-10-12-14-19/h10-14,18,20-23,34H,9,15-17H2,1-8H3,(H,31,35)(H,32,36)/t18?,20-,21+,22-,23?,29-,30?/m0/s1. The lowest BCUT2D eigenvalue weighted by Gasteiger charge is -2.40. The topological polar surface area (TPSA) is 108 Å². The van der Waals surface area contributed by atoms with Crippen molar-refractivity contribution < 1.29 is 24.2 Å². The average Bonchev–Trinajstić information content (AvgIpc) is 3.30. The molecule has 3 saturated heterocycles. The lowest BCUT2D eigenvalue weighted by Crippen LogP contribution is -2.61. The van der Waals surface area contributed by atoms with Crippen LogP contribution < -0.4 is 10.6 Å². The number of nitrogens with zero attached hydrogens (tertiary/aromatic N) is 1. The van der Waals surface area contributed by atoms with Crippen LogP contribution in [0.2, 0.25) is 0 Å². The zero-order chi connectivity index (χ0) is 28.3. The molecule has 8 heteroatoms. The molecular formula is C30H45N3O5. The largest absolute Gasteiger partial charge is 0.394 e. The summed E-state index contributed by atoms with van der Waals surface area (Å²) < 4.78 is 6.78. The summed E-state index contributed by atoms with van der Waals surface area (Å²) in [4.78, 5) is 43.7. The Hall–Kier alpha value is -2.45. The van der Waals surface area contributed by atoms with Crippen molar-refractivity contribution in [3.63, 3.8) is 0 Å². The van der Waals surface area contributed by atoms with Crippen LogP contribution in [0, 0.1) is 23.2 Å². The van der Waals surface area contributed by atoms with Crippen LogP contribution in [-0.2, 0) is 19.1 Å². The van der Waals surface area contributed by atoms with Crippen LogP contribution in [0.15, 0.2) is 30.3 Å². The number of amides is 3. The first-order valence-corrected chi connectivity index (χ1v) is 13.9. The summed E-state index contributed by atoms with van der Waals surface area (Å²) in [6.45, 7) is 15.9. The zero-order valence-electron chi connectivity index (χ0n) is 24.1. The fraction of sp³-hybridized carbons (Fsp3) is 0.700. The van der Waals surface area contributed by atoms with Crippen LogP contribution in [-0.4, -0.2) is 63.2 Å². The third-order valence-electron chi connectivity index (χ3n) is 8.83. The lowest BCUT2D eigenvalue weighted by atomic mass is 9.62. The number of hydrogen-bond donors (Lipinski definition) is 3. The van der Waals surface area contributed by atoms with Gasteiger partial charge in [-0.15, -0.1) is 0 Å². The van der Waals surface area contributed by atoms with Gasteiger partial charge in [0.1, 0.15) is 11.6 Å². The summed E-state index contributed by atoms with van der Waals surface area (Å²) in [5.41, 5.74) is -1.95. The van der Waals surface area contributed by atoms with Gasteiger partial charge in [-0.3, -0.25) is 14.4 Å². The third kappa shape index (κ3) is 4.64. The molecule has 38 heavy (non-hydrogen) atoms. The molecule has 3 amide bonds. The number of likely N-dealkylation sites (tertiary alicyclic amines) is 1. The molecule has 3 unspecified atom stereocenters. The highest BCUT2D eigenvalue weighted by Crippen LogP contribution is 2.65. The summed E-state index contributed by atoms with van der Waals surface area (Å²) in [6.07, 6.45) is 1.70. The summed E-state index contributed by atoms with van der Waals surface area (Å²) >= 11 is 0. The highest BCUT2D eigenvalue weighted by atomic mass is 16.5. The van der Waals surface area contributed by atoms with Crippen molar-refractivity contribution in [1.82, 2.24) is 10.2 Å². The van der Waals surface area contributed by atoms with E-state index in [4.69, 9.17) is 4.74 Å². The van der Waals surface area contributed by atoms with Gasteiger partial charge in [0.2, 0.25) is 17.7 Å². The number of carbonyl (C=O) groups excluding carboxylic acids is 3. The molecule has 4 rings (SSSR count). The number of aliphatic hydroxyl groups is 1. The highest BCUT2D eigenvalue weighted by Gasteiger charge is 2.80. The number of fused-ring (bicyclic) bond motifs is 1. The Balaban J connectivity index is 1.76. The predicted octanol–water partition coefficient (Wildman–Crippen LogP) is 3.74. The first-order valence-electron chi connectivity index (χ1n) is 13.9. The molecular weight excluding hydrogens is 482 g/mol. The number of anilines is 1. The van der Waals surface area contributed by atoms with Crippen LogP contribution in [0.4, 0.5) is 5.69 Å². The highest BCUT2D eigenvalue weighted by molar-refractivity contribution is 6.02. The van der Waals surface area contributed by atoms with Crippen LogP contribution in [0.25, 0.3) is 0 Å². The Bertz CT molecular complexity index is 1080.